The van der Waals surface area contributed by atoms with E-state index in [1.165, 1.54) is 34.7 Å². The standard InChI is InChI=1S/C26H34O2S/c1-8-21(14-20(6)25(9-2)26(7,27)28)24-15-18(4)17(3)12-23(24)13-19(5)22-10-11-29-16-22/h8-12,15-16,19,21,27-28H,1,6,13-14H2,2-5,7H3/b25-9+. The average molecular weight is 411 g/mol. The Hall–Kier alpha value is -1.94. The molecule has 0 radical (unpaired) electrons. The number of hydrogen-bond acceptors (Lipinski definition) is 3. The number of benzene rings is 1. The SMILES string of the molecule is C=CC(CC(=C)/C(=C\C)C(C)(O)O)c1cc(C)c(C)cc1CC(C)c1ccsc1. The third-order valence-electron chi connectivity index (χ3n) is 5.72. The van der Waals surface area contributed by atoms with Crippen LogP contribution in [0.1, 0.15) is 66.8 Å². The summed E-state index contributed by atoms with van der Waals surface area (Å²) in [4.78, 5) is 0. The van der Waals surface area contributed by atoms with Crippen molar-refractivity contribution in [3.05, 3.63) is 93.2 Å². The number of aliphatic hydroxyl groups is 2. The molecule has 1 heterocycles. The number of thiophene rings is 1. The Bertz CT molecular complexity index is 882. The summed E-state index contributed by atoms with van der Waals surface area (Å²) >= 11 is 1.73. The smallest absolute Gasteiger partial charge is 0.186 e. The van der Waals surface area contributed by atoms with Gasteiger partial charge in [0.15, 0.2) is 5.79 Å². The first-order valence-electron chi connectivity index (χ1n) is 10.1. The van der Waals surface area contributed by atoms with Gasteiger partial charge in [-0.15, -0.1) is 6.58 Å². The van der Waals surface area contributed by atoms with Crippen molar-refractivity contribution in [3.8, 4) is 0 Å². The topological polar surface area (TPSA) is 40.5 Å². The Labute approximate surface area is 179 Å². The fourth-order valence-electron chi connectivity index (χ4n) is 3.93. The molecule has 2 nitrogen and oxygen atoms in total. The molecule has 2 N–H and O–H groups in total. The molecular weight excluding hydrogens is 376 g/mol. The van der Waals surface area contributed by atoms with Gasteiger partial charge in [-0.1, -0.05) is 37.8 Å². The molecule has 2 atom stereocenters. The van der Waals surface area contributed by atoms with E-state index >= 15 is 0 Å². The molecule has 0 amide bonds. The molecule has 1 aromatic heterocycles. The molecule has 2 rings (SSSR count). The number of allylic oxidation sites excluding steroid dienone is 2. The van der Waals surface area contributed by atoms with Gasteiger partial charge in [0, 0.05) is 11.5 Å². The minimum Gasteiger partial charge on any atom is -0.362 e. The lowest BCUT2D eigenvalue weighted by Gasteiger charge is -2.26. The fourth-order valence-corrected chi connectivity index (χ4v) is 4.71. The second-order valence-electron chi connectivity index (χ2n) is 8.17. The van der Waals surface area contributed by atoms with Gasteiger partial charge < -0.3 is 10.2 Å². The first-order chi connectivity index (χ1) is 13.6. The molecule has 2 aromatic rings. The Morgan fingerprint density at radius 2 is 1.90 bits per heavy atom. The third-order valence-corrected chi connectivity index (χ3v) is 6.43. The van der Waals surface area contributed by atoms with Crippen LogP contribution in [0.25, 0.3) is 0 Å². The first kappa shape index (κ1) is 23.3. The van der Waals surface area contributed by atoms with Crippen molar-refractivity contribution in [3.63, 3.8) is 0 Å². The van der Waals surface area contributed by atoms with Crippen molar-refractivity contribution in [2.24, 2.45) is 0 Å². The summed E-state index contributed by atoms with van der Waals surface area (Å²) in [6, 6.07) is 6.76. The number of aryl methyl sites for hydroxylation is 2. The molecular formula is C26H34O2S. The lowest BCUT2D eigenvalue weighted by molar-refractivity contribution is -0.109. The van der Waals surface area contributed by atoms with Crippen molar-refractivity contribution in [1.82, 2.24) is 0 Å². The predicted octanol–water partition coefficient (Wildman–Crippen LogP) is 6.57. The van der Waals surface area contributed by atoms with E-state index in [0.29, 0.717) is 17.9 Å². The van der Waals surface area contributed by atoms with E-state index in [4.69, 9.17) is 0 Å². The van der Waals surface area contributed by atoms with Crippen LogP contribution in [0.5, 0.6) is 0 Å². The molecule has 0 saturated heterocycles. The molecule has 0 aliphatic carbocycles. The zero-order valence-corrected chi connectivity index (χ0v) is 19.1. The van der Waals surface area contributed by atoms with Gasteiger partial charge >= 0.3 is 0 Å². The van der Waals surface area contributed by atoms with Crippen molar-refractivity contribution in [1.29, 1.82) is 0 Å². The van der Waals surface area contributed by atoms with Gasteiger partial charge in [0.25, 0.3) is 0 Å². The van der Waals surface area contributed by atoms with E-state index in [1.807, 2.05) is 6.08 Å². The highest BCUT2D eigenvalue weighted by Crippen LogP contribution is 2.35. The molecule has 3 heteroatoms. The highest BCUT2D eigenvalue weighted by Gasteiger charge is 2.26. The number of hydrogen-bond donors (Lipinski definition) is 2. The summed E-state index contributed by atoms with van der Waals surface area (Å²) in [6.45, 7) is 18.0. The Kier molecular flexibility index (Phi) is 7.81. The maximum atomic E-state index is 10.1. The molecule has 2 unspecified atom stereocenters. The van der Waals surface area contributed by atoms with E-state index in [-0.39, 0.29) is 5.92 Å². The summed E-state index contributed by atoms with van der Waals surface area (Å²) in [7, 11) is 0. The second-order valence-corrected chi connectivity index (χ2v) is 8.95. The zero-order chi connectivity index (χ0) is 21.8. The number of rotatable bonds is 9. The van der Waals surface area contributed by atoms with Crippen LogP contribution in [0.15, 0.2) is 65.4 Å². The lowest BCUT2D eigenvalue weighted by Crippen LogP contribution is -2.27. The lowest BCUT2D eigenvalue weighted by atomic mass is 9.81. The summed E-state index contributed by atoms with van der Waals surface area (Å²) in [5.41, 5.74) is 7.66. The highest BCUT2D eigenvalue weighted by molar-refractivity contribution is 7.07. The van der Waals surface area contributed by atoms with E-state index in [0.717, 1.165) is 12.0 Å². The molecule has 0 fully saturated rings. The fraction of sp³-hybridized carbons (Fsp3) is 0.385. The van der Waals surface area contributed by atoms with Crippen LogP contribution in [0, 0.1) is 13.8 Å². The van der Waals surface area contributed by atoms with E-state index in [1.54, 1.807) is 24.3 Å². The van der Waals surface area contributed by atoms with Crippen LogP contribution in [-0.4, -0.2) is 16.0 Å². The molecule has 0 aliphatic heterocycles. The van der Waals surface area contributed by atoms with Gasteiger partial charge in [-0.2, -0.15) is 11.3 Å². The van der Waals surface area contributed by atoms with Crippen LogP contribution in [0.2, 0.25) is 0 Å². The van der Waals surface area contributed by atoms with Gasteiger partial charge in [-0.05, 0) is 96.7 Å². The summed E-state index contributed by atoms with van der Waals surface area (Å²) in [5, 5.41) is 24.5. The second kappa shape index (κ2) is 9.71. The van der Waals surface area contributed by atoms with Crippen LogP contribution >= 0.6 is 11.3 Å². The zero-order valence-electron chi connectivity index (χ0n) is 18.3. The normalized spacial score (nSPS) is 14.5. The van der Waals surface area contributed by atoms with Crippen LogP contribution in [0.3, 0.4) is 0 Å². The third kappa shape index (κ3) is 5.79. The van der Waals surface area contributed by atoms with E-state index in [9.17, 15) is 10.2 Å². The van der Waals surface area contributed by atoms with Crippen molar-refractivity contribution in [2.45, 2.75) is 65.1 Å². The Morgan fingerprint density at radius 3 is 2.41 bits per heavy atom. The van der Waals surface area contributed by atoms with Gasteiger partial charge in [0.05, 0.1) is 0 Å². The van der Waals surface area contributed by atoms with E-state index < -0.39 is 5.79 Å². The molecule has 0 bridgehead atoms. The average Bonchev–Trinajstić information content (AvgIpc) is 3.17. The highest BCUT2D eigenvalue weighted by atomic mass is 32.1. The largest absolute Gasteiger partial charge is 0.362 e. The monoisotopic (exact) mass is 410 g/mol. The predicted molar refractivity (Wildman–Crippen MR) is 126 cm³/mol. The molecule has 1 aromatic carbocycles. The van der Waals surface area contributed by atoms with Crippen LogP contribution < -0.4 is 0 Å². The van der Waals surface area contributed by atoms with Gasteiger partial charge in [0.2, 0.25) is 0 Å². The van der Waals surface area contributed by atoms with Crippen LogP contribution in [0.4, 0.5) is 0 Å². The molecule has 0 aliphatic rings. The summed E-state index contributed by atoms with van der Waals surface area (Å²) in [5.74, 6) is -1.40. The molecule has 0 saturated carbocycles. The quantitative estimate of drug-likeness (QED) is 0.279. The Balaban J connectivity index is 2.38. The minimum atomic E-state index is -1.89. The molecule has 29 heavy (non-hydrogen) atoms. The summed E-state index contributed by atoms with van der Waals surface area (Å²) < 4.78 is 0. The van der Waals surface area contributed by atoms with Crippen LogP contribution in [-0.2, 0) is 6.42 Å². The summed E-state index contributed by atoms with van der Waals surface area (Å²) in [6.07, 6.45) is 5.23. The molecule has 0 spiro atoms. The first-order valence-corrected chi connectivity index (χ1v) is 11.1. The van der Waals surface area contributed by atoms with Crippen molar-refractivity contribution >= 4 is 11.3 Å². The van der Waals surface area contributed by atoms with Gasteiger partial charge in [-0.25, -0.2) is 0 Å². The minimum absolute atomic E-state index is 0.0591. The van der Waals surface area contributed by atoms with E-state index in [2.05, 4.69) is 62.9 Å². The van der Waals surface area contributed by atoms with Crippen molar-refractivity contribution in [2.75, 3.05) is 0 Å². The maximum Gasteiger partial charge on any atom is 0.186 e. The molecule has 156 valence electrons. The maximum absolute atomic E-state index is 10.1. The van der Waals surface area contributed by atoms with Crippen molar-refractivity contribution < 1.29 is 10.2 Å². The van der Waals surface area contributed by atoms with Gasteiger partial charge in [0.1, 0.15) is 0 Å². The Morgan fingerprint density at radius 1 is 1.24 bits per heavy atom. The van der Waals surface area contributed by atoms with Gasteiger partial charge in [-0.3, -0.25) is 0 Å².